The topological polar surface area (TPSA) is 46.1 Å². The molecule has 1 saturated heterocycles. The average Bonchev–Trinajstić information content (AvgIpc) is 2.73. The molecular formula is C22H23N3OS. The normalized spacial score (nSPS) is 17.9. The minimum Gasteiger partial charge on any atom is -0.298 e. The first-order chi connectivity index (χ1) is 13.2. The van der Waals surface area contributed by atoms with E-state index in [1.165, 1.54) is 0 Å². The largest absolute Gasteiger partial charge is 0.298 e. The summed E-state index contributed by atoms with van der Waals surface area (Å²) in [5, 5.41) is 2.98. The molecule has 1 aromatic heterocycles. The van der Waals surface area contributed by atoms with Gasteiger partial charge in [-0.1, -0.05) is 54.2 Å². The van der Waals surface area contributed by atoms with Gasteiger partial charge in [0.05, 0.1) is 0 Å². The molecule has 2 aromatic carbocycles. The van der Waals surface area contributed by atoms with Crippen LogP contribution in [0.15, 0.2) is 60.0 Å². The van der Waals surface area contributed by atoms with Crippen molar-refractivity contribution in [2.45, 2.75) is 24.5 Å². The second-order valence-electron chi connectivity index (χ2n) is 7.04. The molecule has 0 aliphatic carbocycles. The van der Waals surface area contributed by atoms with Gasteiger partial charge in [0.15, 0.2) is 10.9 Å². The molecule has 138 valence electrons. The van der Waals surface area contributed by atoms with Crippen LogP contribution in [0, 0.1) is 5.92 Å². The van der Waals surface area contributed by atoms with E-state index in [-0.39, 0.29) is 11.7 Å². The van der Waals surface area contributed by atoms with E-state index in [1.807, 2.05) is 49.0 Å². The number of thioether (sulfide) groups is 1. The SMILES string of the molecule is CSc1ncc(CN2CCC[C@H](C(=O)c3cccc4ccccc34)C2)cn1. The van der Waals surface area contributed by atoms with Crippen LogP contribution in [-0.4, -0.2) is 40.0 Å². The van der Waals surface area contributed by atoms with Crippen molar-refractivity contribution in [1.82, 2.24) is 14.9 Å². The van der Waals surface area contributed by atoms with Crippen LogP contribution in [-0.2, 0) is 6.54 Å². The van der Waals surface area contributed by atoms with E-state index in [4.69, 9.17) is 0 Å². The lowest BCUT2D eigenvalue weighted by Gasteiger charge is -2.32. The third kappa shape index (κ3) is 4.04. The lowest BCUT2D eigenvalue weighted by molar-refractivity contribution is 0.0813. The Hall–Kier alpha value is -2.24. The summed E-state index contributed by atoms with van der Waals surface area (Å²) in [7, 11) is 0. The average molecular weight is 378 g/mol. The van der Waals surface area contributed by atoms with Crippen LogP contribution in [0.5, 0.6) is 0 Å². The minimum absolute atomic E-state index is 0.0518. The molecule has 27 heavy (non-hydrogen) atoms. The first-order valence-corrected chi connectivity index (χ1v) is 10.6. The summed E-state index contributed by atoms with van der Waals surface area (Å²) in [6.45, 7) is 2.61. The number of hydrogen-bond acceptors (Lipinski definition) is 5. The Morgan fingerprint density at radius 3 is 2.74 bits per heavy atom. The predicted octanol–water partition coefficient (Wildman–Crippen LogP) is 4.45. The predicted molar refractivity (Wildman–Crippen MR) is 110 cm³/mol. The standard InChI is InChI=1S/C22H23N3OS/c1-27-22-23-12-16(13-24-22)14-25-11-5-8-18(15-25)21(26)20-10-4-7-17-6-2-3-9-19(17)20/h2-4,6-7,9-10,12-13,18H,5,8,11,14-15H2,1H3/t18-/m0/s1. The number of benzene rings is 2. The molecule has 1 atom stereocenters. The number of carbonyl (C=O) groups is 1. The number of Topliss-reactive ketones (excluding diaryl/α,β-unsaturated/α-hetero) is 1. The molecule has 2 heterocycles. The van der Waals surface area contributed by atoms with Gasteiger partial charge in [0.25, 0.3) is 0 Å². The highest BCUT2D eigenvalue weighted by molar-refractivity contribution is 7.98. The lowest BCUT2D eigenvalue weighted by Crippen LogP contribution is -2.38. The summed E-state index contributed by atoms with van der Waals surface area (Å²) in [6, 6.07) is 14.2. The van der Waals surface area contributed by atoms with Crippen LogP contribution in [0.1, 0.15) is 28.8 Å². The van der Waals surface area contributed by atoms with Gasteiger partial charge >= 0.3 is 0 Å². The van der Waals surface area contributed by atoms with Crippen molar-refractivity contribution in [3.63, 3.8) is 0 Å². The zero-order valence-electron chi connectivity index (χ0n) is 15.5. The number of hydrogen-bond donors (Lipinski definition) is 0. The highest BCUT2D eigenvalue weighted by atomic mass is 32.2. The summed E-state index contributed by atoms with van der Waals surface area (Å²) in [5.41, 5.74) is 1.96. The molecule has 0 radical (unpaired) electrons. The Morgan fingerprint density at radius 1 is 1.15 bits per heavy atom. The van der Waals surface area contributed by atoms with Crippen LogP contribution >= 0.6 is 11.8 Å². The molecule has 1 aliphatic rings. The Bertz CT molecular complexity index is 936. The van der Waals surface area contributed by atoms with E-state index in [1.54, 1.807) is 11.8 Å². The maximum absolute atomic E-state index is 13.2. The summed E-state index contributed by atoms with van der Waals surface area (Å²) in [5.74, 6) is 0.321. The van der Waals surface area contributed by atoms with Crippen molar-refractivity contribution in [3.8, 4) is 0 Å². The third-order valence-electron chi connectivity index (χ3n) is 5.20. The quantitative estimate of drug-likeness (QED) is 0.373. The number of likely N-dealkylation sites (tertiary alicyclic amines) is 1. The fourth-order valence-electron chi connectivity index (χ4n) is 3.86. The van der Waals surface area contributed by atoms with Gasteiger partial charge in [-0.25, -0.2) is 9.97 Å². The van der Waals surface area contributed by atoms with Gasteiger partial charge in [0.2, 0.25) is 0 Å². The number of ketones is 1. The molecule has 0 spiro atoms. The van der Waals surface area contributed by atoms with Crippen LogP contribution in [0.3, 0.4) is 0 Å². The van der Waals surface area contributed by atoms with Gasteiger partial charge in [0, 0.05) is 42.5 Å². The number of carbonyl (C=O) groups excluding carboxylic acids is 1. The van der Waals surface area contributed by atoms with Gasteiger partial charge in [-0.3, -0.25) is 9.69 Å². The Labute approximate surface area is 164 Å². The summed E-state index contributed by atoms with van der Waals surface area (Å²) < 4.78 is 0. The molecule has 0 unspecified atom stereocenters. The molecule has 4 nitrogen and oxygen atoms in total. The minimum atomic E-state index is 0.0518. The van der Waals surface area contributed by atoms with Gasteiger partial charge in [-0.05, 0) is 36.4 Å². The van der Waals surface area contributed by atoms with Gasteiger partial charge in [-0.15, -0.1) is 0 Å². The lowest BCUT2D eigenvalue weighted by atomic mass is 9.88. The summed E-state index contributed by atoms with van der Waals surface area (Å²) >= 11 is 1.55. The molecular weight excluding hydrogens is 354 g/mol. The second-order valence-corrected chi connectivity index (χ2v) is 7.82. The van der Waals surface area contributed by atoms with Crippen LogP contribution < -0.4 is 0 Å². The van der Waals surface area contributed by atoms with E-state index >= 15 is 0 Å². The molecule has 0 amide bonds. The van der Waals surface area contributed by atoms with Crippen molar-refractivity contribution in [2.75, 3.05) is 19.3 Å². The summed E-state index contributed by atoms with van der Waals surface area (Å²) in [4.78, 5) is 24.3. The van der Waals surface area contributed by atoms with Crippen LogP contribution in [0.25, 0.3) is 10.8 Å². The van der Waals surface area contributed by atoms with E-state index in [0.717, 1.165) is 59.5 Å². The Kier molecular flexibility index (Phi) is 5.50. The van der Waals surface area contributed by atoms with Crippen molar-refractivity contribution < 1.29 is 4.79 Å². The van der Waals surface area contributed by atoms with Crippen molar-refractivity contribution in [2.24, 2.45) is 5.92 Å². The molecule has 3 aromatic rings. The van der Waals surface area contributed by atoms with Gasteiger partial charge < -0.3 is 0 Å². The number of rotatable bonds is 5. The highest BCUT2D eigenvalue weighted by Crippen LogP contribution is 2.26. The Balaban J connectivity index is 1.49. The van der Waals surface area contributed by atoms with Crippen molar-refractivity contribution in [1.29, 1.82) is 0 Å². The number of nitrogens with zero attached hydrogens (tertiary/aromatic N) is 3. The maximum atomic E-state index is 13.2. The van der Waals surface area contributed by atoms with Crippen LogP contribution in [0.4, 0.5) is 0 Å². The van der Waals surface area contributed by atoms with E-state index in [0.29, 0.717) is 0 Å². The van der Waals surface area contributed by atoms with E-state index in [9.17, 15) is 4.79 Å². The fraction of sp³-hybridized carbons (Fsp3) is 0.318. The molecule has 1 aliphatic heterocycles. The number of aromatic nitrogens is 2. The zero-order chi connectivity index (χ0) is 18.6. The molecule has 5 heteroatoms. The molecule has 0 bridgehead atoms. The number of piperidine rings is 1. The van der Waals surface area contributed by atoms with Gasteiger partial charge in [-0.2, -0.15) is 0 Å². The van der Waals surface area contributed by atoms with Crippen molar-refractivity contribution in [3.05, 3.63) is 66.0 Å². The third-order valence-corrected chi connectivity index (χ3v) is 5.78. The highest BCUT2D eigenvalue weighted by Gasteiger charge is 2.27. The number of fused-ring (bicyclic) bond motifs is 1. The monoisotopic (exact) mass is 377 g/mol. The maximum Gasteiger partial charge on any atom is 0.187 e. The van der Waals surface area contributed by atoms with E-state index in [2.05, 4.69) is 27.0 Å². The molecule has 0 N–H and O–H groups in total. The molecule has 4 rings (SSSR count). The van der Waals surface area contributed by atoms with Crippen LogP contribution in [0.2, 0.25) is 0 Å². The Morgan fingerprint density at radius 2 is 1.93 bits per heavy atom. The smallest absolute Gasteiger partial charge is 0.187 e. The molecule has 1 fully saturated rings. The zero-order valence-corrected chi connectivity index (χ0v) is 16.3. The van der Waals surface area contributed by atoms with Gasteiger partial charge in [0.1, 0.15) is 0 Å². The first kappa shape index (κ1) is 18.1. The second kappa shape index (κ2) is 8.19. The molecule has 0 saturated carbocycles. The van der Waals surface area contributed by atoms with Crippen molar-refractivity contribution >= 4 is 28.3 Å². The fourth-order valence-corrected chi connectivity index (χ4v) is 4.18. The first-order valence-electron chi connectivity index (χ1n) is 9.34. The van der Waals surface area contributed by atoms with E-state index < -0.39 is 0 Å². The summed E-state index contributed by atoms with van der Waals surface area (Å²) in [6.07, 6.45) is 7.78.